The monoisotopic (exact) mass is 324 g/mol. The minimum Gasteiger partial charge on any atom is -0.508 e. The van der Waals surface area contributed by atoms with Crippen LogP contribution < -0.4 is 0 Å². The van der Waals surface area contributed by atoms with Crippen molar-refractivity contribution in [3.05, 3.63) is 59.7 Å². The summed E-state index contributed by atoms with van der Waals surface area (Å²) in [5, 5.41) is 19.1. The van der Waals surface area contributed by atoms with Gasteiger partial charge in [-0.3, -0.25) is 0 Å². The van der Waals surface area contributed by atoms with Crippen molar-refractivity contribution in [3.63, 3.8) is 0 Å². The highest BCUT2D eigenvalue weighted by molar-refractivity contribution is 5.33. The lowest BCUT2D eigenvalue weighted by atomic mass is 9.62. The molecular weight excluding hydrogens is 296 g/mol. The van der Waals surface area contributed by atoms with Crippen molar-refractivity contribution in [1.29, 1.82) is 0 Å². The highest BCUT2D eigenvalue weighted by atomic mass is 16.3. The van der Waals surface area contributed by atoms with Gasteiger partial charge in [0.1, 0.15) is 11.5 Å². The lowest BCUT2D eigenvalue weighted by Gasteiger charge is -2.43. The third-order valence-corrected chi connectivity index (χ3v) is 6.15. The van der Waals surface area contributed by atoms with Crippen LogP contribution >= 0.6 is 0 Å². The number of phenols is 2. The Balaban J connectivity index is 1.84. The SMILES string of the molecule is CC1CCC(C(C)(C)c2ccc(O)cc2)CC1c1ccc(O)cc1. The van der Waals surface area contributed by atoms with E-state index in [1.54, 1.807) is 24.3 Å². The Hall–Kier alpha value is -1.96. The van der Waals surface area contributed by atoms with Crippen LogP contribution in [0.5, 0.6) is 11.5 Å². The predicted octanol–water partition coefficient (Wildman–Crippen LogP) is 5.60. The molecule has 1 aliphatic carbocycles. The summed E-state index contributed by atoms with van der Waals surface area (Å²) in [6.07, 6.45) is 3.64. The molecule has 1 saturated carbocycles. The molecule has 2 heteroatoms. The molecule has 3 atom stereocenters. The van der Waals surface area contributed by atoms with Crippen LogP contribution in [0.1, 0.15) is 57.1 Å². The summed E-state index contributed by atoms with van der Waals surface area (Å²) in [7, 11) is 0. The highest BCUT2D eigenvalue weighted by Gasteiger charge is 2.38. The Bertz CT molecular complexity index is 670. The van der Waals surface area contributed by atoms with Crippen molar-refractivity contribution >= 4 is 0 Å². The zero-order valence-electron chi connectivity index (χ0n) is 14.9. The number of phenolic OH excluding ortho intramolecular Hbond substituents is 2. The number of hydrogen-bond acceptors (Lipinski definition) is 2. The Morgan fingerprint density at radius 2 is 1.38 bits per heavy atom. The van der Waals surface area contributed by atoms with E-state index in [0.29, 0.717) is 29.3 Å². The average Bonchev–Trinajstić information content (AvgIpc) is 2.56. The first-order valence-electron chi connectivity index (χ1n) is 8.96. The lowest BCUT2D eigenvalue weighted by Crippen LogP contribution is -2.34. The number of aromatic hydroxyl groups is 2. The quantitative estimate of drug-likeness (QED) is 0.772. The average molecular weight is 324 g/mol. The van der Waals surface area contributed by atoms with Gasteiger partial charge in [-0.15, -0.1) is 0 Å². The van der Waals surface area contributed by atoms with Gasteiger partial charge in [0.15, 0.2) is 0 Å². The Labute approximate surface area is 145 Å². The fourth-order valence-corrected chi connectivity index (χ4v) is 4.29. The standard InChI is InChI=1S/C22H28O2/c1-15-4-7-18(14-21(15)16-5-10-19(23)11-6-16)22(2,3)17-8-12-20(24)13-9-17/h5-6,8-13,15,18,21,23-24H,4,7,14H2,1-3H3. The minimum absolute atomic E-state index is 0.0863. The molecule has 0 bridgehead atoms. The maximum absolute atomic E-state index is 9.56. The van der Waals surface area contributed by atoms with Crippen molar-refractivity contribution in [2.24, 2.45) is 11.8 Å². The van der Waals surface area contributed by atoms with Gasteiger partial charge in [0.2, 0.25) is 0 Å². The van der Waals surface area contributed by atoms with Gasteiger partial charge in [0.25, 0.3) is 0 Å². The van der Waals surface area contributed by atoms with E-state index in [4.69, 9.17) is 0 Å². The van der Waals surface area contributed by atoms with Crippen LogP contribution in [0.4, 0.5) is 0 Å². The largest absolute Gasteiger partial charge is 0.508 e. The van der Waals surface area contributed by atoms with Gasteiger partial charge in [0.05, 0.1) is 0 Å². The van der Waals surface area contributed by atoms with E-state index in [2.05, 4.69) is 45.0 Å². The van der Waals surface area contributed by atoms with Crippen LogP contribution in [0.15, 0.2) is 48.5 Å². The summed E-state index contributed by atoms with van der Waals surface area (Å²) >= 11 is 0. The van der Waals surface area contributed by atoms with E-state index in [-0.39, 0.29) is 5.41 Å². The van der Waals surface area contributed by atoms with Gasteiger partial charge in [-0.25, -0.2) is 0 Å². The fraction of sp³-hybridized carbons (Fsp3) is 0.455. The summed E-state index contributed by atoms with van der Waals surface area (Å²) in [5.74, 6) is 2.48. The van der Waals surface area contributed by atoms with E-state index in [0.717, 1.165) is 0 Å². The van der Waals surface area contributed by atoms with Crippen molar-refractivity contribution in [3.8, 4) is 11.5 Å². The lowest BCUT2D eigenvalue weighted by molar-refractivity contribution is 0.177. The molecule has 3 rings (SSSR count). The van der Waals surface area contributed by atoms with Gasteiger partial charge in [-0.05, 0) is 77.8 Å². The Morgan fingerprint density at radius 3 is 1.96 bits per heavy atom. The molecule has 0 aliphatic heterocycles. The molecule has 24 heavy (non-hydrogen) atoms. The third-order valence-electron chi connectivity index (χ3n) is 6.15. The molecule has 0 saturated heterocycles. The zero-order valence-corrected chi connectivity index (χ0v) is 14.9. The molecule has 0 spiro atoms. The molecule has 0 aromatic heterocycles. The highest BCUT2D eigenvalue weighted by Crippen LogP contribution is 2.48. The molecule has 0 heterocycles. The van der Waals surface area contributed by atoms with Gasteiger partial charge < -0.3 is 10.2 Å². The van der Waals surface area contributed by atoms with Crippen LogP contribution in [0.2, 0.25) is 0 Å². The molecule has 1 aliphatic rings. The van der Waals surface area contributed by atoms with Crippen LogP contribution in [-0.2, 0) is 5.41 Å². The molecular formula is C22H28O2. The van der Waals surface area contributed by atoms with Gasteiger partial charge in [-0.2, -0.15) is 0 Å². The third kappa shape index (κ3) is 3.28. The summed E-state index contributed by atoms with van der Waals surface area (Å²) in [6.45, 7) is 7.00. The van der Waals surface area contributed by atoms with Crippen LogP contribution in [0, 0.1) is 11.8 Å². The predicted molar refractivity (Wildman–Crippen MR) is 98.5 cm³/mol. The second-order valence-electron chi connectivity index (χ2n) is 7.95. The second-order valence-corrected chi connectivity index (χ2v) is 7.95. The summed E-state index contributed by atoms with van der Waals surface area (Å²) in [4.78, 5) is 0. The fourth-order valence-electron chi connectivity index (χ4n) is 4.29. The number of benzene rings is 2. The van der Waals surface area contributed by atoms with Crippen LogP contribution in [0.25, 0.3) is 0 Å². The first-order chi connectivity index (χ1) is 11.4. The Kier molecular flexibility index (Phi) is 4.58. The van der Waals surface area contributed by atoms with E-state index in [9.17, 15) is 10.2 Å². The van der Waals surface area contributed by atoms with E-state index in [1.807, 2.05) is 0 Å². The van der Waals surface area contributed by atoms with Crippen LogP contribution in [-0.4, -0.2) is 10.2 Å². The summed E-state index contributed by atoms with van der Waals surface area (Å²) in [5.41, 5.74) is 2.72. The van der Waals surface area contributed by atoms with E-state index in [1.165, 1.54) is 30.4 Å². The van der Waals surface area contributed by atoms with Crippen LogP contribution in [0.3, 0.4) is 0 Å². The van der Waals surface area contributed by atoms with Crippen molar-refractivity contribution in [2.45, 2.75) is 51.4 Å². The van der Waals surface area contributed by atoms with Crippen molar-refractivity contribution in [1.82, 2.24) is 0 Å². The molecule has 0 radical (unpaired) electrons. The van der Waals surface area contributed by atoms with Gasteiger partial charge >= 0.3 is 0 Å². The van der Waals surface area contributed by atoms with Gasteiger partial charge in [-0.1, -0.05) is 45.0 Å². The molecule has 128 valence electrons. The molecule has 2 aromatic carbocycles. The zero-order chi connectivity index (χ0) is 17.3. The summed E-state index contributed by atoms with van der Waals surface area (Å²) < 4.78 is 0. The maximum Gasteiger partial charge on any atom is 0.115 e. The first kappa shape index (κ1) is 16.9. The second kappa shape index (κ2) is 6.51. The molecule has 3 unspecified atom stereocenters. The van der Waals surface area contributed by atoms with Crippen molar-refractivity contribution in [2.75, 3.05) is 0 Å². The molecule has 2 aromatic rings. The molecule has 2 N–H and O–H groups in total. The molecule has 2 nitrogen and oxygen atoms in total. The van der Waals surface area contributed by atoms with Gasteiger partial charge in [0, 0.05) is 0 Å². The normalized spacial score (nSPS) is 24.7. The number of rotatable bonds is 3. The minimum atomic E-state index is 0.0863. The number of hydrogen-bond donors (Lipinski definition) is 2. The summed E-state index contributed by atoms with van der Waals surface area (Å²) in [6, 6.07) is 15.5. The van der Waals surface area contributed by atoms with E-state index < -0.39 is 0 Å². The first-order valence-corrected chi connectivity index (χ1v) is 8.96. The molecule has 0 amide bonds. The maximum atomic E-state index is 9.56. The topological polar surface area (TPSA) is 40.5 Å². The van der Waals surface area contributed by atoms with E-state index >= 15 is 0 Å². The Morgan fingerprint density at radius 1 is 0.833 bits per heavy atom. The molecule has 1 fully saturated rings. The van der Waals surface area contributed by atoms with Crippen molar-refractivity contribution < 1.29 is 10.2 Å². The smallest absolute Gasteiger partial charge is 0.115 e.